The molecule has 3 heterocycles. The molecule has 0 aromatic carbocycles. The number of aromatic nitrogens is 2. The van der Waals surface area contributed by atoms with Crippen molar-refractivity contribution < 1.29 is 13.9 Å². The molecule has 1 aliphatic rings. The number of rotatable bonds is 3. The zero-order valence-electron chi connectivity index (χ0n) is 12.0. The monoisotopic (exact) mass is 287 g/mol. The molecule has 2 aromatic heterocycles. The van der Waals surface area contributed by atoms with Crippen molar-refractivity contribution >= 4 is 11.6 Å². The van der Waals surface area contributed by atoms with Crippen LogP contribution in [0.15, 0.2) is 23.1 Å². The molecule has 1 aliphatic heterocycles. The second-order valence-electron chi connectivity index (χ2n) is 5.31. The van der Waals surface area contributed by atoms with Crippen molar-refractivity contribution in [1.82, 2.24) is 9.97 Å². The number of furan rings is 1. The smallest absolute Gasteiger partial charge is 0.291 e. The molecule has 1 amide bonds. The maximum absolute atomic E-state index is 12.3. The minimum Gasteiger partial charge on any atom is -0.458 e. The number of hydrogen-bond donors (Lipinski definition) is 1. The SMILES string of the molecule is CC(C)c1ncc(NC(=O)c2occ3c2CCOC3)cn1. The predicted molar refractivity (Wildman–Crippen MR) is 76.1 cm³/mol. The Hall–Kier alpha value is -2.21. The van der Waals surface area contributed by atoms with Gasteiger partial charge in [-0.25, -0.2) is 9.97 Å². The highest BCUT2D eigenvalue weighted by molar-refractivity contribution is 6.03. The molecule has 2 aromatic rings. The fourth-order valence-corrected chi connectivity index (χ4v) is 2.25. The van der Waals surface area contributed by atoms with Crippen molar-refractivity contribution in [2.24, 2.45) is 0 Å². The van der Waals surface area contributed by atoms with Crippen LogP contribution in [-0.2, 0) is 17.8 Å². The van der Waals surface area contributed by atoms with Crippen LogP contribution in [0.1, 0.15) is 47.3 Å². The average Bonchev–Trinajstić information content (AvgIpc) is 2.92. The van der Waals surface area contributed by atoms with E-state index in [9.17, 15) is 4.79 Å². The van der Waals surface area contributed by atoms with Gasteiger partial charge < -0.3 is 14.5 Å². The van der Waals surface area contributed by atoms with Crippen LogP contribution in [-0.4, -0.2) is 22.5 Å². The molecule has 3 rings (SSSR count). The van der Waals surface area contributed by atoms with Crippen molar-refractivity contribution in [3.63, 3.8) is 0 Å². The van der Waals surface area contributed by atoms with Crippen molar-refractivity contribution in [3.8, 4) is 0 Å². The van der Waals surface area contributed by atoms with Gasteiger partial charge >= 0.3 is 0 Å². The summed E-state index contributed by atoms with van der Waals surface area (Å²) >= 11 is 0. The number of carbonyl (C=O) groups is 1. The number of anilines is 1. The molecular weight excluding hydrogens is 270 g/mol. The van der Waals surface area contributed by atoms with Crippen LogP contribution < -0.4 is 5.32 Å². The molecule has 0 fully saturated rings. The Morgan fingerprint density at radius 3 is 2.81 bits per heavy atom. The quantitative estimate of drug-likeness (QED) is 0.938. The minimum absolute atomic E-state index is 0.256. The summed E-state index contributed by atoms with van der Waals surface area (Å²) in [6, 6.07) is 0. The topological polar surface area (TPSA) is 77.2 Å². The predicted octanol–water partition coefficient (Wildman–Crippen LogP) is 2.52. The van der Waals surface area contributed by atoms with Crippen molar-refractivity contribution in [3.05, 3.63) is 41.4 Å². The highest BCUT2D eigenvalue weighted by Crippen LogP contribution is 2.23. The molecule has 6 nitrogen and oxygen atoms in total. The van der Waals surface area contributed by atoms with Gasteiger partial charge in [-0.05, 0) is 0 Å². The number of nitrogens with zero attached hydrogens (tertiary/aromatic N) is 2. The van der Waals surface area contributed by atoms with Gasteiger partial charge in [0.2, 0.25) is 0 Å². The second kappa shape index (κ2) is 5.65. The molecule has 0 atom stereocenters. The molecule has 0 aliphatic carbocycles. The molecule has 0 saturated carbocycles. The molecular formula is C15H17N3O3. The Labute approximate surface area is 122 Å². The molecule has 1 N–H and O–H groups in total. The Bertz CT molecular complexity index is 647. The second-order valence-corrected chi connectivity index (χ2v) is 5.31. The zero-order chi connectivity index (χ0) is 14.8. The standard InChI is InChI=1S/C15H17N3O3/c1-9(2)14-16-5-11(6-17-14)18-15(19)13-12-3-4-20-7-10(12)8-21-13/h5-6,8-9H,3-4,7H2,1-2H3,(H,18,19). The van der Waals surface area contributed by atoms with Gasteiger partial charge in [0.05, 0.1) is 37.6 Å². The zero-order valence-corrected chi connectivity index (χ0v) is 12.0. The average molecular weight is 287 g/mol. The van der Waals surface area contributed by atoms with Crippen molar-refractivity contribution in [1.29, 1.82) is 0 Å². The third-order valence-electron chi connectivity index (χ3n) is 3.39. The first kappa shape index (κ1) is 13.8. The maximum atomic E-state index is 12.3. The molecule has 0 saturated heterocycles. The summed E-state index contributed by atoms with van der Waals surface area (Å²) in [6.07, 6.45) is 5.50. The highest BCUT2D eigenvalue weighted by atomic mass is 16.5. The van der Waals surface area contributed by atoms with E-state index in [0.29, 0.717) is 31.1 Å². The van der Waals surface area contributed by atoms with Gasteiger partial charge in [-0.3, -0.25) is 4.79 Å². The number of carbonyl (C=O) groups excluding carboxylic acids is 1. The third kappa shape index (κ3) is 2.80. The van der Waals surface area contributed by atoms with Crippen LogP contribution in [0.4, 0.5) is 5.69 Å². The first-order chi connectivity index (χ1) is 10.1. The lowest BCUT2D eigenvalue weighted by atomic mass is 10.1. The lowest BCUT2D eigenvalue weighted by molar-refractivity contribution is 0.0988. The summed E-state index contributed by atoms with van der Waals surface area (Å²) in [5, 5.41) is 2.76. The Morgan fingerprint density at radius 2 is 2.10 bits per heavy atom. The van der Waals surface area contributed by atoms with Crippen LogP contribution >= 0.6 is 0 Å². The van der Waals surface area contributed by atoms with Crippen LogP contribution in [0.3, 0.4) is 0 Å². The molecule has 0 bridgehead atoms. The molecule has 21 heavy (non-hydrogen) atoms. The molecule has 0 spiro atoms. The van der Waals surface area contributed by atoms with Gasteiger partial charge in [-0.1, -0.05) is 13.8 Å². The summed E-state index contributed by atoms with van der Waals surface area (Å²) < 4.78 is 10.7. The number of ether oxygens (including phenoxy) is 1. The van der Waals surface area contributed by atoms with Gasteiger partial charge in [-0.2, -0.15) is 0 Å². The first-order valence-corrected chi connectivity index (χ1v) is 6.95. The minimum atomic E-state index is -0.279. The van der Waals surface area contributed by atoms with E-state index < -0.39 is 0 Å². The van der Waals surface area contributed by atoms with Crippen LogP contribution in [0, 0.1) is 0 Å². The van der Waals surface area contributed by atoms with E-state index >= 15 is 0 Å². The van der Waals surface area contributed by atoms with E-state index in [2.05, 4.69) is 15.3 Å². The Kier molecular flexibility index (Phi) is 3.70. The molecule has 0 unspecified atom stereocenters. The van der Waals surface area contributed by atoms with Gasteiger partial charge in [0.15, 0.2) is 5.76 Å². The lowest BCUT2D eigenvalue weighted by Gasteiger charge is -2.12. The molecule has 6 heteroatoms. The van der Waals surface area contributed by atoms with Crippen molar-refractivity contribution in [2.45, 2.75) is 32.8 Å². The van der Waals surface area contributed by atoms with Gasteiger partial charge in [0, 0.05) is 23.5 Å². The normalized spacial score (nSPS) is 14.0. The van der Waals surface area contributed by atoms with E-state index in [4.69, 9.17) is 9.15 Å². The van der Waals surface area contributed by atoms with E-state index in [0.717, 1.165) is 17.0 Å². The van der Waals surface area contributed by atoms with Crippen molar-refractivity contribution in [2.75, 3.05) is 11.9 Å². The Morgan fingerprint density at radius 1 is 1.33 bits per heavy atom. The number of nitrogens with one attached hydrogen (secondary N) is 1. The maximum Gasteiger partial charge on any atom is 0.291 e. The number of fused-ring (bicyclic) bond motifs is 1. The lowest BCUT2D eigenvalue weighted by Crippen LogP contribution is -2.16. The van der Waals surface area contributed by atoms with Crippen LogP contribution in [0.2, 0.25) is 0 Å². The van der Waals surface area contributed by atoms with E-state index in [-0.39, 0.29) is 11.8 Å². The third-order valence-corrected chi connectivity index (χ3v) is 3.39. The number of hydrogen-bond acceptors (Lipinski definition) is 5. The number of amides is 1. The summed E-state index contributed by atoms with van der Waals surface area (Å²) in [5.74, 6) is 1.08. The van der Waals surface area contributed by atoms with E-state index in [1.165, 1.54) is 0 Å². The fourth-order valence-electron chi connectivity index (χ4n) is 2.25. The molecule has 110 valence electrons. The Balaban J connectivity index is 1.75. The first-order valence-electron chi connectivity index (χ1n) is 6.95. The van der Waals surface area contributed by atoms with Gasteiger partial charge in [0.1, 0.15) is 5.82 Å². The van der Waals surface area contributed by atoms with Crippen LogP contribution in [0.25, 0.3) is 0 Å². The molecule has 0 radical (unpaired) electrons. The fraction of sp³-hybridized carbons (Fsp3) is 0.400. The summed E-state index contributed by atoms with van der Waals surface area (Å²) in [6.45, 7) is 5.15. The highest BCUT2D eigenvalue weighted by Gasteiger charge is 2.22. The summed E-state index contributed by atoms with van der Waals surface area (Å²) in [4.78, 5) is 20.7. The summed E-state index contributed by atoms with van der Waals surface area (Å²) in [7, 11) is 0. The summed E-state index contributed by atoms with van der Waals surface area (Å²) in [5.41, 5.74) is 2.43. The largest absolute Gasteiger partial charge is 0.458 e. The van der Waals surface area contributed by atoms with E-state index in [1.54, 1.807) is 18.7 Å². The van der Waals surface area contributed by atoms with Gasteiger partial charge in [0.25, 0.3) is 5.91 Å². The van der Waals surface area contributed by atoms with Gasteiger partial charge in [-0.15, -0.1) is 0 Å². The van der Waals surface area contributed by atoms with Crippen LogP contribution in [0.5, 0.6) is 0 Å². The van der Waals surface area contributed by atoms with E-state index in [1.807, 2.05) is 13.8 Å².